The minimum atomic E-state index is -0.285. The Bertz CT molecular complexity index is 1110. The zero-order chi connectivity index (χ0) is 19.0. The van der Waals surface area contributed by atoms with Gasteiger partial charge in [0.05, 0.1) is 10.9 Å². The topological polar surface area (TPSA) is 81.1 Å². The summed E-state index contributed by atoms with van der Waals surface area (Å²) in [5.74, 6) is 0.478. The number of nitrogens with zero attached hydrogens (tertiary/aromatic N) is 2. The summed E-state index contributed by atoms with van der Waals surface area (Å²) in [6.45, 7) is 2.20. The summed E-state index contributed by atoms with van der Waals surface area (Å²) in [6.07, 6.45) is 2.79. The average Bonchev–Trinajstić information content (AvgIpc) is 2.68. The second kappa shape index (κ2) is 6.79. The summed E-state index contributed by atoms with van der Waals surface area (Å²) in [5.41, 5.74) is 2.14. The van der Waals surface area contributed by atoms with E-state index in [-0.39, 0.29) is 17.2 Å². The number of aryl methyl sites for hydroxylation is 1. The number of benzene rings is 2. The number of carbonyl (C=O) groups is 2. The van der Waals surface area contributed by atoms with Gasteiger partial charge in [0.2, 0.25) is 0 Å². The highest BCUT2D eigenvalue weighted by molar-refractivity contribution is 6.06. The van der Waals surface area contributed by atoms with E-state index in [1.807, 2.05) is 0 Å². The van der Waals surface area contributed by atoms with E-state index < -0.39 is 0 Å². The predicted molar refractivity (Wildman–Crippen MR) is 103 cm³/mol. The van der Waals surface area contributed by atoms with Gasteiger partial charge in [-0.05, 0) is 62.2 Å². The third-order valence-electron chi connectivity index (χ3n) is 4.88. The van der Waals surface area contributed by atoms with E-state index in [9.17, 15) is 14.4 Å². The molecule has 1 N–H and O–H groups in total. The number of hydrogen-bond donors (Lipinski definition) is 1. The molecule has 0 aliphatic carbocycles. The summed E-state index contributed by atoms with van der Waals surface area (Å²) < 4.78 is 1.74. The van der Waals surface area contributed by atoms with Crippen LogP contribution in [0.2, 0.25) is 0 Å². The third kappa shape index (κ3) is 3.26. The number of ketones is 1. The highest BCUT2D eigenvalue weighted by Gasteiger charge is 2.16. The molecule has 0 saturated heterocycles. The number of carbonyl (C=O) groups excluding carboxylic acids is 2. The SMILES string of the molecule is CC(=O)c1ccc(NC(=O)c2ccc3c(=O)n4c(nc3c2)CCCC4)cc1. The zero-order valence-corrected chi connectivity index (χ0v) is 15.0. The molecule has 4 rings (SSSR count). The summed E-state index contributed by atoms with van der Waals surface area (Å²) in [4.78, 5) is 41.1. The van der Waals surface area contributed by atoms with Crippen LogP contribution in [0.5, 0.6) is 0 Å². The van der Waals surface area contributed by atoms with Crippen molar-refractivity contribution in [2.24, 2.45) is 0 Å². The number of hydrogen-bond acceptors (Lipinski definition) is 4. The minimum absolute atomic E-state index is 0.0249. The van der Waals surface area contributed by atoms with Gasteiger partial charge in [0.25, 0.3) is 11.5 Å². The molecule has 1 aliphatic rings. The number of anilines is 1. The van der Waals surface area contributed by atoms with E-state index in [1.54, 1.807) is 47.0 Å². The quantitative estimate of drug-likeness (QED) is 0.727. The third-order valence-corrected chi connectivity index (χ3v) is 4.88. The molecule has 0 fully saturated rings. The Balaban J connectivity index is 1.64. The summed E-state index contributed by atoms with van der Waals surface area (Å²) >= 11 is 0. The Morgan fingerprint density at radius 2 is 1.78 bits per heavy atom. The smallest absolute Gasteiger partial charge is 0.261 e. The molecule has 0 unspecified atom stereocenters. The van der Waals surface area contributed by atoms with Gasteiger partial charge in [-0.3, -0.25) is 19.0 Å². The van der Waals surface area contributed by atoms with Gasteiger partial charge in [0.15, 0.2) is 5.78 Å². The van der Waals surface area contributed by atoms with Crippen molar-refractivity contribution in [1.29, 1.82) is 0 Å². The van der Waals surface area contributed by atoms with Crippen LogP contribution in [-0.4, -0.2) is 21.2 Å². The molecule has 27 heavy (non-hydrogen) atoms. The van der Waals surface area contributed by atoms with Gasteiger partial charge in [-0.15, -0.1) is 0 Å². The fourth-order valence-electron chi connectivity index (χ4n) is 3.37. The summed E-state index contributed by atoms with van der Waals surface area (Å²) in [5, 5.41) is 3.34. The monoisotopic (exact) mass is 361 g/mol. The fourth-order valence-corrected chi connectivity index (χ4v) is 3.37. The second-order valence-electron chi connectivity index (χ2n) is 6.76. The largest absolute Gasteiger partial charge is 0.322 e. The maximum Gasteiger partial charge on any atom is 0.261 e. The lowest BCUT2D eigenvalue weighted by Gasteiger charge is -2.17. The molecule has 0 radical (unpaired) electrons. The highest BCUT2D eigenvalue weighted by Crippen LogP contribution is 2.17. The molecule has 0 saturated carbocycles. The molecule has 1 aliphatic heterocycles. The number of aromatic nitrogens is 2. The van der Waals surface area contributed by atoms with Gasteiger partial charge >= 0.3 is 0 Å². The molecule has 2 aromatic carbocycles. The van der Waals surface area contributed by atoms with E-state index in [2.05, 4.69) is 10.3 Å². The Kier molecular flexibility index (Phi) is 4.32. The molecule has 6 nitrogen and oxygen atoms in total. The molecular weight excluding hydrogens is 342 g/mol. The standard InChI is InChI=1S/C21H19N3O3/c1-13(25)14-5-8-16(9-6-14)22-20(26)15-7-10-17-18(12-15)23-19-4-2-3-11-24(19)21(17)27/h5-10,12H,2-4,11H2,1H3,(H,22,26). The van der Waals surface area contributed by atoms with Crippen LogP contribution in [0.3, 0.4) is 0 Å². The van der Waals surface area contributed by atoms with Crippen LogP contribution in [0.1, 0.15) is 46.3 Å². The normalized spacial score (nSPS) is 13.2. The average molecular weight is 361 g/mol. The van der Waals surface area contributed by atoms with Crippen molar-refractivity contribution in [3.8, 4) is 0 Å². The fraction of sp³-hybridized carbons (Fsp3) is 0.238. The lowest BCUT2D eigenvalue weighted by Crippen LogP contribution is -2.28. The van der Waals surface area contributed by atoms with E-state index in [0.29, 0.717) is 34.3 Å². The Labute approximate surface area is 155 Å². The Hall–Kier alpha value is -3.28. The lowest BCUT2D eigenvalue weighted by molar-refractivity contribution is 0.101. The first-order valence-corrected chi connectivity index (χ1v) is 8.99. The van der Waals surface area contributed by atoms with Gasteiger partial charge in [0.1, 0.15) is 5.82 Å². The van der Waals surface area contributed by atoms with Crippen molar-refractivity contribution in [2.45, 2.75) is 32.7 Å². The van der Waals surface area contributed by atoms with Gasteiger partial charge in [-0.2, -0.15) is 0 Å². The van der Waals surface area contributed by atoms with Crippen molar-refractivity contribution in [1.82, 2.24) is 9.55 Å². The molecule has 0 spiro atoms. The van der Waals surface area contributed by atoms with Crippen molar-refractivity contribution in [3.05, 3.63) is 69.8 Å². The first kappa shape index (κ1) is 17.1. The molecule has 1 aromatic heterocycles. The first-order chi connectivity index (χ1) is 13.0. The van der Waals surface area contributed by atoms with Gasteiger partial charge in [0, 0.05) is 29.8 Å². The van der Waals surface area contributed by atoms with Crippen molar-refractivity contribution < 1.29 is 9.59 Å². The van der Waals surface area contributed by atoms with Crippen LogP contribution in [-0.2, 0) is 13.0 Å². The second-order valence-corrected chi connectivity index (χ2v) is 6.76. The van der Waals surface area contributed by atoms with Gasteiger partial charge in [-0.25, -0.2) is 4.98 Å². The number of rotatable bonds is 3. The molecule has 3 aromatic rings. The molecule has 136 valence electrons. The van der Waals surface area contributed by atoms with Crippen LogP contribution >= 0.6 is 0 Å². The number of amides is 1. The molecule has 6 heteroatoms. The van der Waals surface area contributed by atoms with Crippen LogP contribution < -0.4 is 10.9 Å². The number of fused-ring (bicyclic) bond motifs is 2. The Morgan fingerprint density at radius 3 is 2.52 bits per heavy atom. The highest BCUT2D eigenvalue weighted by atomic mass is 16.2. The first-order valence-electron chi connectivity index (χ1n) is 8.99. The van der Waals surface area contributed by atoms with Crippen LogP contribution in [0.25, 0.3) is 10.9 Å². The Morgan fingerprint density at radius 1 is 1.04 bits per heavy atom. The van der Waals surface area contributed by atoms with Crippen molar-refractivity contribution >= 4 is 28.3 Å². The lowest BCUT2D eigenvalue weighted by atomic mass is 10.1. The van der Waals surface area contributed by atoms with E-state index in [0.717, 1.165) is 25.1 Å². The maximum absolute atomic E-state index is 12.6. The van der Waals surface area contributed by atoms with E-state index >= 15 is 0 Å². The van der Waals surface area contributed by atoms with E-state index in [4.69, 9.17) is 0 Å². The zero-order valence-electron chi connectivity index (χ0n) is 15.0. The molecule has 0 bridgehead atoms. The molecule has 1 amide bonds. The minimum Gasteiger partial charge on any atom is -0.322 e. The van der Waals surface area contributed by atoms with Crippen LogP contribution in [0, 0.1) is 0 Å². The van der Waals surface area contributed by atoms with Crippen molar-refractivity contribution in [2.75, 3.05) is 5.32 Å². The predicted octanol–water partition coefficient (Wildman–Crippen LogP) is 3.19. The maximum atomic E-state index is 12.6. The van der Waals surface area contributed by atoms with Crippen LogP contribution in [0.4, 0.5) is 5.69 Å². The van der Waals surface area contributed by atoms with Gasteiger partial charge in [-0.1, -0.05) is 0 Å². The van der Waals surface area contributed by atoms with Crippen molar-refractivity contribution in [3.63, 3.8) is 0 Å². The molecule has 2 heterocycles. The molecular formula is C21H19N3O3. The van der Waals surface area contributed by atoms with Gasteiger partial charge < -0.3 is 5.32 Å². The summed E-state index contributed by atoms with van der Waals surface area (Å²) in [6, 6.07) is 11.7. The number of nitrogens with one attached hydrogen (secondary N) is 1. The summed E-state index contributed by atoms with van der Waals surface area (Å²) in [7, 11) is 0. The van der Waals surface area contributed by atoms with Crippen LogP contribution in [0.15, 0.2) is 47.3 Å². The van der Waals surface area contributed by atoms with E-state index in [1.165, 1.54) is 6.92 Å². The number of Topliss-reactive ketones (excluding diaryl/α,β-unsaturated/α-hetero) is 1. The molecule has 0 atom stereocenters.